The van der Waals surface area contributed by atoms with Gasteiger partial charge < -0.3 is 5.73 Å². The molecule has 0 unspecified atom stereocenters. The van der Waals surface area contributed by atoms with Crippen LogP contribution in [-0.4, -0.2) is 4.98 Å². The number of nitrogens with two attached hydrogens (primary N) is 1. The molecule has 1 aromatic heterocycles. The third-order valence-corrected chi connectivity index (χ3v) is 3.39. The van der Waals surface area contributed by atoms with Gasteiger partial charge in [-0.3, -0.25) is 0 Å². The summed E-state index contributed by atoms with van der Waals surface area (Å²) in [5, 5.41) is 0.0549. The molecule has 0 amide bonds. The van der Waals surface area contributed by atoms with Gasteiger partial charge in [-0.2, -0.15) is 0 Å². The Morgan fingerprint density at radius 1 is 1.41 bits per heavy atom. The van der Waals surface area contributed by atoms with Crippen molar-refractivity contribution < 1.29 is 8.78 Å². The van der Waals surface area contributed by atoms with E-state index in [1.165, 1.54) is 0 Å². The molecule has 5 heteroatoms. The van der Waals surface area contributed by atoms with Crippen LogP contribution < -0.4 is 5.73 Å². The molecule has 0 radical (unpaired) electrons. The molecule has 0 aliphatic heterocycles. The summed E-state index contributed by atoms with van der Waals surface area (Å²) < 4.78 is 27.7. The van der Waals surface area contributed by atoms with Gasteiger partial charge in [-0.1, -0.05) is 6.92 Å². The summed E-state index contributed by atoms with van der Waals surface area (Å²) in [5.74, 6) is -1.15. The predicted octanol–water partition coefficient (Wildman–Crippen LogP) is 3.73. The van der Waals surface area contributed by atoms with Crippen molar-refractivity contribution in [3.63, 3.8) is 0 Å². The third-order valence-electron chi connectivity index (χ3n) is 2.81. The van der Waals surface area contributed by atoms with Gasteiger partial charge in [-0.25, -0.2) is 13.8 Å². The molecule has 0 saturated heterocycles. The van der Waals surface area contributed by atoms with Crippen LogP contribution in [0.15, 0.2) is 10.5 Å². The molecular formula is C12H11BrF2N2. The van der Waals surface area contributed by atoms with E-state index in [0.717, 1.165) is 11.6 Å². The highest BCUT2D eigenvalue weighted by molar-refractivity contribution is 9.10. The van der Waals surface area contributed by atoms with Crippen molar-refractivity contribution in [2.75, 3.05) is 5.73 Å². The van der Waals surface area contributed by atoms with Crippen molar-refractivity contribution >= 4 is 32.5 Å². The summed E-state index contributed by atoms with van der Waals surface area (Å²) in [6.07, 6.45) is 0.633. The van der Waals surface area contributed by atoms with Gasteiger partial charge in [0.05, 0.1) is 9.86 Å². The lowest BCUT2D eigenvalue weighted by atomic mass is 10.0. The van der Waals surface area contributed by atoms with E-state index >= 15 is 0 Å². The van der Waals surface area contributed by atoms with Gasteiger partial charge >= 0.3 is 0 Å². The van der Waals surface area contributed by atoms with Crippen LogP contribution in [0, 0.1) is 18.6 Å². The van der Waals surface area contributed by atoms with E-state index in [0.29, 0.717) is 12.1 Å². The average Bonchev–Trinajstić information content (AvgIpc) is 2.26. The fourth-order valence-electron chi connectivity index (χ4n) is 1.97. The lowest BCUT2D eigenvalue weighted by Gasteiger charge is -2.12. The Morgan fingerprint density at radius 3 is 2.65 bits per heavy atom. The number of halogens is 3. The van der Waals surface area contributed by atoms with E-state index in [9.17, 15) is 8.78 Å². The molecule has 1 heterocycles. The maximum Gasteiger partial charge on any atom is 0.150 e. The monoisotopic (exact) mass is 300 g/mol. The number of anilines is 1. The maximum atomic E-state index is 14.0. The number of benzene rings is 1. The SMILES string of the molecule is CCc1c(C)nc2c(F)cc(Br)c(F)c2c1N. The number of rotatable bonds is 1. The number of aryl methyl sites for hydroxylation is 1. The molecule has 0 aliphatic rings. The molecule has 0 saturated carbocycles. The Hall–Kier alpha value is -1.23. The summed E-state index contributed by atoms with van der Waals surface area (Å²) in [4.78, 5) is 4.09. The van der Waals surface area contributed by atoms with Crippen LogP contribution in [0.3, 0.4) is 0 Å². The van der Waals surface area contributed by atoms with Crippen molar-refractivity contribution in [3.8, 4) is 0 Å². The largest absolute Gasteiger partial charge is 0.398 e. The summed E-state index contributed by atoms with van der Waals surface area (Å²) in [7, 11) is 0. The molecule has 0 aliphatic carbocycles. The van der Waals surface area contributed by atoms with Crippen LogP contribution in [0.5, 0.6) is 0 Å². The molecule has 2 aromatic rings. The molecule has 17 heavy (non-hydrogen) atoms. The van der Waals surface area contributed by atoms with E-state index in [-0.39, 0.29) is 21.1 Å². The minimum absolute atomic E-state index is 0.0158. The fraction of sp³-hybridized carbons (Fsp3) is 0.250. The Balaban J connectivity index is 3.02. The Labute approximate surface area is 106 Å². The maximum absolute atomic E-state index is 14.0. The minimum atomic E-state index is -0.578. The van der Waals surface area contributed by atoms with E-state index in [1.54, 1.807) is 6.92 Å². The Morgan fingerprint density at radius 2 is 2.06 bits per heavy atom. The average molecular weight is 301 g/mol. The molecular weight excluding hydrogens is 290 g/mol. The summed E-state index contributed by atoms with van der Waals surface area (Å²) >= 11 is 2.97. The first-order chi connectivity index (χ1) is 7.97. The van der Waals surface area contributed by atoms with Crippen molar-refractivity contribution in [2.45, 2.75) is 20.3 Å². The molecule has 0 atom stereocenters. The summed E-state index contributed by atoms with van der Waals surface area (Å²) in [6.45, 7) is 3.65. The van der Waals surface area contributed by atoms with Crippen LogP contribution in [0.2, 0.25) is 0 Å². The molecule has 0 spiro atoms. The first-order valence-electron chi connectivity index (χ1n) is 5.19. The second-order valence-corrected chi connectivity index (χ2v) is 4.68. The molecule has 90 valence electrons. The number of fused-ring (bicyclic) bond motifs is 1. The van der Waals surface area contributed by atoms with Gasteiger partial charge in [0.25, 0.3) is 0 Å². The highest BCUT2D eigenvalue weighted by Gasteiger charge is 2.18. The number of hydrogen-bond donors (Lipinski definition) is 1. The van der Waals surface area contributed by atoms with Gasteiger partial charge in [-0.05, 0) is 40.9 Å². The highest BCUT2D eigenvalue weighted by Crippen LogP contribution is 2.33. The second-order valence-electron chi connectivity index (χ2n) is 3.82. The topological polar surface area (TPSA) is 38.9 Å². The lowest BCUT2D eigenvalue weighted by Crippen LogP contribution is -2.03. The summed E-state index contributed by atoms with van der Waals surface area (Å²) in [6, 6.07) is 1.06. The van der Waals surface area contributed by atoms with Crippen molar-refractivity contribution in [1.29, 1.82) is 0 Å². The number of nitrogen functional groups attached to an aromatic ring is 1. The second kappa shape index (κ2) is 4.22. The minimum Gasteiger partial charge on any atom is -0.398 e. The molecule has 1 aromatic carbocycles. The Bertz CT molecular complexity index is 611. The highest BCUT2D eigenvalue weighted by atomic mass is 79.9. The zero-order valence-electron chi connectivity index (χ0n) is 9.44. The zero-order chi connectivity index (χ0) is 12.7. The van der Waals surface area contributed by atoms with Crippen molar-refractivity contribution in [2.24, 2.45) is 0 Å². The lowest BCUT2D eigenvalue weighted by molar-refractivity contribution is 0.609. The quantitative estimate of drug-likeness (QED) is 0.815. The number of nitrogens with zero attached hydrogens (tertiary/aromatic N) is 1. The van der Waals surface area contributed by atoms with Gasteiger partial charge in [0.15, 0.2) is 5.82 Å². The van der Waals surface area contributed by atoms with E-state index in [2.05, 4.69) is 20.9 Å². The summed E-state index contributed by atoms with van der Waals surface area (Å²) in [5.41, 5.74) is 7.55. The number of aromatic nitrogens is 1. The van der Waals surface area contributed by atoms with Crippen LogP contribution >= 0.6 is 15.9 Å². The normalized spacial score (nSPS) is 11.1. The van der Waals surface area contributed by atoms with Gasteiger partial charge in [0.1, 0.15) is 11.3 Å². The van der Waals surface area contributed by atoms with Crippen LogP contribution in [0.25, 0.3) is 10.9 Å². The van der Waals surface area contributed by atoms with E-state index in [1.807, 2.05) is 6.92 Å². The third kappa shape index (κ3) is 1.78. The number of hydrogen-bond acceptors (Lipinski definition) is 2. The smallest absolute Gasteiger partial charge is 0.150 e. The molecule has 2 rings (SSSR count). The standard InChI is InChI=1S/C12H11BrF2N2/c1-3-6-5(2)17-12-8(14)4-7(13)10(15)9(12)11(6)16/h4H,3H2,1-2H3,(H2,16,17). The van der Waals surface area contributed by atoms with Crippen molar-refractivity contribution in [1.82, 2.24) is 4.98 Å². The predicted molar refractivity (Wildman–Crippen MR) is 67.9 cm³/mol. The van der Waals surface area contributed by atoms with Gasteiger partial charge in [0.2, 0.25) is 0 Å². The van der Waals surface area contributed by atoms with E-state index in [4.69, 9.17) is 5.73 Å². The first-order valence-corrected chi connectivity index (χ1v) is 5.98. The molecule has 2 N–H and O–H groups in total. The van der Waals surface area contributed by atoms with Crippen LogP contribution in [0.4, 0.5) is 14.5 Å². The van der Waals surface area contributed by atoms with Gasteiger partial charge in [0, 0.05) is 11.4 Å². The van der Waals surface area contributed by atoms with E-state index < -0.39 is 11.6 Å². The number of pyridine rings is 1. The van der Waals surface area contributed by atoms with Gasteiger partial charge in [-0.15, -0.1) is 0 Å². The van der Waals surface area contributed by atoms with Crippen LogP contribution in [0.1, 0.15) is 18.2 Å². The molecule has 0 bridgehead atoms. The Kier molecular flexibility index (Phi) is 3.03. The zero-order valence-corrected chi connectivity index (χ0v) is 11.0. The fourth-order valence-corrected chi connectivity index (χ4v) is 2.37. The first kappa shape index (κ1) is 12.2. The molecule has 2 nitrogen and oxygen atoms in total. The van der Waals surface area contributed by atoms with Crippen molar-refractivity contribution in [3.05, 3.63) is 33.4 Å². The molecule has 0 fully saturated rings. The van der Waals surface area contributed by atoms with Crippen LogP contribution in [-0.2, 0) is 6.42 Å².